The Morgan fingerprint density at radius 2 is 2.00 bits per heavy atom. The van der Waals surface area contributed by atoms with Crippen molar-refractivity contribution in [1.82, 2.24) is 5.32 Å². The zero-order valence-electron chi connectivity index (χ0n) is 8.20. The van der Waals surface area contributed by atoms with Gasteiger partial charge in [-0.3, -0.25) is 0 Å². The number of hydrogen-bond donors (Lipinski definition) is 1. The van der Waals surface area contributed by atoms with Gasteiger partial charge >= 0.3 is 0 Å². The van der Waals surface area contributed by atoms with Crippen molar-refractivity contribution >= 4 is 12.4 Å². The monoisotopic (exact) mass is 209 g/mol. The van der Waals surface area contributed by atoms with Crippen molar-refractivity contribution in [2.75, 3.05) is 6.54 Å². The van der Waals surface area contributed by atoms with Gasteiger partial charge in [0.15, 0.2) is 0 Å². The van der Waals surface area contributed by atoms with Crippen LogP contribution in [0, 0.1) is 0 Å². The molecule has 2 aliphatic rings. The molecule has 1 fully saturated rings. The highest BCUT2D eigenvalue weighted by Crippen LogP contribution is 2.36. The number of rotatable bonds is 0. The molecule has 3 rings (SSSR count). The van der Waals surface area contributed by atoms with E-state index in [0.29, 0.717) is 0 Å². The summed E-state index contributed by atoms with van der Waals surface area (Å²) in [6.45, 7) is 1.21. The molecular formula is C12H16ClN. The minimum atomic E-state index is 0. The molecule has 1 saturated heterocycles. The molecule has 0 bridgehead atoms. The zero-order valence-corrected chi connectivity index (χ0v) is 9.02. The van der Waals surface area contributed by atoms with Crippen molar-refractivity contribution in [3.63, 3.8) is 0 Å². The summed E-state index contributed by atoms with van der Waals surface area (Å²) in [5.74, 6) is 0.810. The largest absolute Gasteiger partial charge is 0.313 e. The number of nitrogens with one attached hydrogen (secondary N) is 1. The normalized spacial score (nSPS) is 28.9. The van der Waals surface area contributed by atoms with Crippen LogP contribution < -0.4 is 5.32 Å². The topological polar surface area (TPSA) is 12.0 Å². The van der Waals surface area contributed by atoms with E-state index in [-0.39, 0.29) is 12.4 Å². The molecule has 2 unspecified atom stereocenters. The van der Waals surface area contributed by atoms with Gasteiger partial charge in [-0.2, -0.15) is 0 Å². The van der Waals surface area contributed by atoms with Gasteiger partial charge in [0.25, 0.3) is 0 Å². The second kappa shape index (κ2) is 3.92. The Balaban J connectivity index is 0.000000750. The van der Waals surface area contributed by atoms with Gasteiger partial charge in [-0.1, -0.05) is 24.3 Å². The summed E-state index contributed by atoms with van der Waals surface area (Å²) in [6.07, 6.45) is 3.94. The third kappa shape index (κ3) is 1.45. The van der Waals surface area contributed by atoms with E-state index in [1.165, 1.54) is 25.8 Å². The van der Waals surface area contributed by atoms with Crippen LogP contribution in [0.25, 0.3) is 0 Å². The van der Waals surface area contributed by atoms with Crippen LogP contribution in [0.2, 0.25) is 0 Å². The summed E-state index contributed by atoms with van der Waals surface area (Å²) < 4.78 is 0. The first-order valence-corrected chi connectivity index (χ1v) is 5.26. The lowest BCUT2D eigenvalue weighted by Gasteiger charge is -2.27. The summed E-state index contributed by atoms with van der Waals surface area (Å²) in [7, 11) is 0. The molecule has 1 N–H and O–H groups in total. The van der Waals surface area contributed by atoms with Crippen molar-refractivity contribution in [2.45, 2.75) is 31.2 Å². The highest BCUT2D eigenvalue weighted by molar-refractivity contribution is 5.85. The molecule has 1 aromatic rings. The second-order valence-electron chi connectivity index (χ2n) is 4.19. The summed E-state index contributed by atoms with van der Waals surface area (Å²) in [6, 6.07) is 9.74. The SMILES string of the molecule is Cl.c1ccc2c(c1)CCC1NCCC21. The van der Waals surface area contributed by atoms with E-state index in [4.69, 9.17) is 0 Å². The maximum absolute atomic E-state index is 3.60. The molecule has 0 saturated carbocycles. The molecule has 76 valence electrons. The van der Waals surface area contributed by atoms with E-state index < -0.39 is 0 Å². The molecule has 1 heterocycles. The van der Waals surface area contributed by atoms with Crippen LogP contribution in [0.1, 0.15) is 29.9 Å². The Morgan fingerprint density at radius 1 is 1.14 bits per heavy atom. The molecule has 2 atom stereocenters. The van der Waals surface area contributed by atoms with E-state index >= 15 is 0 Å². The van der Waals surface area contributed by atoms with Crippen molar-refractivity contribution in [1.29, 1.82) is 0 Å². The van der Waals surface area contributed by atoms with Crippen LogP contribution >= 0.6 is 12.4 Å². The van der Waals surface area contributed by atoms with Crippen molar-refractivity contribution < 1.29 is 0 Å². The molecule has 1 aliphatic carbocycles. The second-order valence-corrected chi connectivity index (χ2v) is 4.19. The molecular weight excluding hydrogens is 194 g/mol. The van der Waals surface area contributed by atoms with Crippen LogP contribution in [-0.2, 0) is 6.42 Å². The average Bonchev–Trinajstić information content (AvgIpc) is 2.65. The minimum absolute atomic E-state index is 0. The van der Waals surface area contributed by atoms with E-state index in [0.717, 1.165) is 12.0 Å². The fraction of sp³-hybridized carbons (Fsp3) is 0.500. The van der Waals surface area contributed by atoms with Crippen LogP contribution in [-0.4, -0.2) is 12.6 Å². The van der Waals surface area contributed by atoms with Gasteiger partial charge in [-0.25, -0.2) is 0 Å². The number of halogens is 1. The molecule has 14 heavy (non-hydrogen) atoms. The number of fused-ring (bicyclic) bond motifs is 3. The standard InChI is InChI=1S/C12H15N.ClH/c1-2-4-10-9(3-1)5-6-12-11(10)7-8-13-12;/h1-4,11-13H,5-8H2;1H. The van der Waals surface area contributed by atoms with Crippen LogP contribution in [0.3, 0.4) is 0 Å². The van der Waals surface area contributed by atoms with Gasteiger partial charge in [-0.15, -0.1) is 12.4 Å². The van der Waals surface area contributed by atoms with E-state index in [1.54, 1.807) is 11.1 Å². The van der Waals surface area contributed by atoms with Crippen LogP contribution in [0.15, 0.2) is 24.3 Å². The third-order valence-corrected chi connectivity index (χ3v) is 3.53. The molecule has 0 radical (unpaired) electrons. The maximum Gasteiger partial charge on any atom is 0.0139 e. The summed E-state index contributed by atoms with van der Waals surface area (Å²) in [5, 5.41) is 3.60. The summed E-state index contributed by atoms with van der Waals surface area (Å²) in [4.78, 5) is 0. The summed E-state index contributed by atoms with van der Waals surface area (Å²) >= 11 is 0. The Bertz CT molecular complexity index is 324. The van der Waals surface area contributed by atoms with Crippen molar-refractivity contribution in [3.05, 3.63) is 35.4 Å². The van der Waals surface area contributed by atoms with Gasteiger partial charge in [0.05, 0.1) is 0 Å². The molecule has 1 aliphatic heterocycles. The average molecular weight is 210 g/mol. The Hall–Kier alpha value is -0.530. The maximum atomic E-state index is 3.60. The molecule has 1 nitrogen and oxygen atoms in total. The van der Waals surface area contributed by atoms with E-state index in [2.05, 4.69) is 29.6 Å². The van der Waals surface area contributed by atoms with E-state index in [1.807, 2.05) is 0 Å². The highest BCUT2D eigenvalue weighted by Gasteiger charge is 2.32. The molecule has 0 amide bonds. The first kappa shape index (κ1) is 10.0. The quantitative estimate of drug-likeness (QED) is 0.693. The molecule has 1 aromatic carbocycles. The van der Waals surface area contributed by atoms with Gasteiger partial charge < -0.3 is 5.32 Å². The molecule has 0 spiro atoms. The van der Waals surface area contributed by atoms with Gasteiger partial charge in [0.1, 0.15) is 0 Å². The van der Waals surface area contributed by atoms with Gasteiger partial charge in [-0.05, 0) is 36.9 Å². The lowest BCUT2D eigenvalue weighted by Crippen LogP contribution is -2.30. The van der Waals surface area contributed by atoms with Crippen LogP contribution in [0.5, 0.6) is 0 Å². The zero-order chi connectivity index (χ0) is 8.67. The Labute approximate surface area is 91.3 Å². The Morgan fingerprint density at radius 3 is 2.93 bits per heavy atom. The fourth-order valence-electron chi connectivity index (χ4n) is 2.88. The molecule has 0 aromatic heterocycles. The Kier molecular flexibility index (Phi) is 2.80. The lowest BCUT2D eigenvalue weighted by molar-refractivity contribution is 0.481. The highest BCUT2D eigenvalue weighted by atomic mass is 35.5. The first-order chi connectivity index (χ1) is 6.45. The third-order valence-electron chi connectivity index (χ3n) is 3.53. The number of benzene rings is 1. The van der Waals surface area contributed by atoms with E-state index in [9.17, 15) is 0 Å². The van der Waals surface area contributed by atoms with Crippen LogP contribution in [0.4, 0.5) is 0 Å². The minimum Gasteiger partial charge on any atom is -0.313 e. The number of hydrogen-bond acceptors (Lipinski definition) is 1. The van der Waals surface area contributed by atoms with Gasteiger partial charge in [0.2, 0.25) is 0 Å². The van der Waals surface area contributed by atoms with Crippen molar-refractivity contribution in [3.8, 4) is 0 Å². The summed E-state index contributed by atoms with van der Waals surface area (Å²) in [5.41, 5.74) is 3.20. The smallest absolute Gasteiger partial charge is 0.0139 e. The lowest BCUT2D eigenvalue weighted by atomic mass is 9.80. The predicted octanol–water partition coefficient (Wildman–Crippen LogP) is 2.50. The van der Waals surface area contributed by atoms with Crippen molar-refractivity contribution in [2.24, 2.45) is 0 Å². The molecule has 2 heteroatoms. The predicted molar refractivity (Wildman–Crippen MR) is 61.2 cm³/mol. The number of aryl methyl sites for hydroxylation is 1. The fourth-order valence-corrected chi connectivity index (χ4v) is 2.88. The van der Waals surface area contributed by atoms with Gasteiger partial charge in [0, 0.05) is 12.0 Å². The first-order valence-electron chi connectivity index (χ1n) is 5.26.